The van der Waals surface area contributed by atoms with Crippen LogP contribution in [0.15, 0.2) is 78.0 Å². The molecule has 52 heavy (non-hydrogen) atoms. The van der Waals surface area contributed by atoms with Crippen molar-refractivity contribution in [3.05, 3.63) is 101 Å². The van der Waals surface area contributed by atoms with Crippen LogP contribution < -0.4 is 0 Å². The van der Waals surface area contributed by atoms with Gasteiger partial charge in [0.15, 0.2) is 5.65 Å². The van der Waals surface area contributed by atoms with E-state index in [9.17, 15) is 18.3 Å². The second-order valence-corrected chi connectivity index (χ2v) is 15.9. The number of aromatic nitrogens is 3. The Labute approximate surface area is 305 Å². The highest BCUT2D eigenvalue weighted by Gasteiger charge is 2.26. The topological polar surface area (TPSA) is 121 Å². The predicted molar refractivity (Wildman–Crippen MR) is 202 cm³/mol. The Morgan fingerprint density at radius 1 is 0.962 bits per heavy atom. The molecule has 0 spiro atoms. The summed E-state index contributed by atoms with van der Waals surface area (Å²) in [4.78, 5) is 29.5. The van der Waals surface area contributed by atoms with Crippen LogP contribution in [0.2, 0.25) is 0 Å². The number of hydrogen-bond donors (Lipinski definition) is 1. The fraction of sp³-hybridized carbons (Fsp3) is 0.375. The number of aliphatic hydroxyl groups excluding tert-OH is 1. The van der Waals surface area contributed by atoms with E-state index in [2.05, 4.69) is 28.9 Å². The number of morpholine rings is 1. The van der Waals surface area contributed by atoms with E-state index >= 15 is 0 Å². The lowest BCUT2D eigenvalue weighted by molar-refractivity contribution is 0.0326. The molecule has 1 fully saturated rings. The molecule has 4 heterocycles. The average molecular weight is 723 g/mol. The number of benzene rings is 3. The van der Waals surface area contributed by atoms with Crippen LogP contribution >= 0.6 is 0 Å². The van der Waals surface area contributed by atoms with Crippen molar-refractivity contribution in [3.63, 3.8) is 0 Å². The van der Waals surface area contributed by atoms with Crippen LogP contribution in [0.5, 0.6) is 0 Å². The van der Waals surface area contributed by atoms with Crippen LogP contribution in [0, 0.1) is 13.8 Å². The van der Waals surface area contributed by atoms with Gasteiger partial charge in [0.1, 0.15) is 5.52 Å². The Hall–Kier alpha value is -4.46. The third-order valence-electron chi connectivity index (χ3n) is 10.1. The summed E-state index contributed by atoms with van der Waals surface area (Å²) in [6.07, 6.45) is 3.57. The van der Waals surface area contributed by atoms with E-state index in [0.29, 0.717) is 27.9 Å². The van der Waals surface area contributed by atoms with Gasteiger partial charge in [-0.25, -0.2) is 22.4 Å². The molecular weight excluding hydrogens is 677 g/mol. The zero-order valence-electron chi connectivity index (χ0n) is 30.2. The van der Waals surface area contributed by atoms with Crippen LogP contribution in [-0.4, -0.2) is 114 Å². The number of nitrogens with zero attached hydrogens (tertiary/aromatic N) is 6. The largest absolute Gasteiger partial charge is 0.392 e. The molecular formula is C40H46N6O5S. The van der Waals surface area contributed by atoms with Gasteiger partial charge in [-0.15, -0.1) is 0 Å². The third-order valence-corrected chi connectivity index (χ3v) is 11.8. The molecule has 1 amide bonds. The zero-order valence-corrected chi connectivity index (χ0v) is 31.1. The van der Waals surface area contributed by atoms with E-state index in [4.69, 9.17) is 14.7 Å². The molecule has 0 unspecified atom stereocenters. The molecule has 1 atom stereocenters. The predicted octanol–water partition coefficient (Wildman–Crippen LogP) is 4.76. The standard InChI is InChI=1S/C40H46N6O5S/c1-27-5-11-34(12-6-27)52(49,50)46-26-36(30-7-9-31(10-8-30)40(48)43(4)24-29(3)47)38-39(46)41-23-37(42-38)32-21-28(2)35-13-14-45(25-33(35)22-32)16-15-44-17-19-51-20-18-44/h5-12,21-23,26,29,47H,13-20,24-25H2,1-4H3/t29-/m0/s1. The second kappa shape index (κ2) is 14.9. The lowest BCUT2D eigenvalue weighted by atomic mass is 9.92. The fourth-order valence-corrected chi connectivity index (χ4v) is 8.55. The smallest absolute Gasteiger partial charge is 0.269 e. The summed E-state index contributed by atoms with van der Waals surface area (Å²) in [6, 6.07) is 18.1. The number of carbonyl (C=O) groups is 1. The van der Waals surface area contributed by atoms with Crippen LogP contribution in [-0.2, 0) is 27.7 Å². The van der Waals surface area contributed by atoms with Gasteiger partial charge in [0.2, 0.25) is 0 Å². The van der Waals surface area contributed by atoms with Gasteiger partial charge in [-0.2, -0.15) is 0 Å². The van der Waals surface area contributed by atoms with Crippen LogP contribution in [0.4, 0.5) is 0 Å². The molecule has 3 aromatic carbocycles. The number of hydrogen-bond acceptors (Lipinski definition) is 9. The van der Waals surface area contributed by atoms with Crippen molar-refractivity contribution in [2.75, 3.05) is 59.5 Å². The van der Waals surface area contributed by atoms with Crippen LogP contribution in [0.1, 0.15) is 39.5 Å². The number of carbonyl (C=O) groups excluding carboxylic acids is 1. The van der Waals surface area contributed by atoms with Gasteiger partial charge in [0, 0.05) is 75.7 Å². The highest BCUT2D eigenvalue weighted by Crippen LogP contribution is 2.34. The van der Waals surface area contributed by atoms with E-state index < -0.39 is 16.1 Å². The van der Waals surface area contributed by atoms with Crippen molar-refractivity contribution in [1.29, 1.82) is 0 Å². The lowest BCUT2D eigenvalue weighted by Gasteiger charge is -2.33. The molecule has 0 aliphatic carbocycles. The van der Waals surface area contributed by atoms with E-state index in [1.54, 1.807) is 74.9 Å². The van der Waals surface area contributed by atoms with Crippen molar-refractivity contribution in [2.24, 2.45) is 0 Å². The van der Waals surface area contributed by atoms with Crippen LogP contribution in [0.25, 0.3) is 33.5 Å². The van der Waals surface area contributed by atoms with Crippen molar-refractivity contribution in [1.82, 2.24) is 28.6 Å². The highest BCUT2D eigenvalue weighted by molar-refractivity contribution is 7.90. The lowest BCUT2D eigenvalue weighted by Crippen LogP contribution is -2.42. The normalized spacial score (nSPS) is 16.2. The number of fused-ring (bicyclic) bond motifs is 2. The molecule has 1 saturated heterocycles. The first-order valence-corrected chi connectivity index (χ1v) is 19.3. The number of aliphatic hydroxyl groups is 1. The van der Waals surface area contributed by atoms with Gasteiger partial charge in [0.25, 0.3) is 15.9 Å². The molecule has 2 aliphatic heterocycles. The van der Waals surface area contributed by atoms with Gasteiger partial charge in [-0.05, 0) is 85.8 Å². The zero-order chi connectivity index (χ0) is 36.6. The Morgan fingerprint density at radius 2 is 1.67 bits per heavy atom. The van der Waals surface area contributed by atoms with Gasteiger partial charge in [-0.1, -0.05) is 29.8 Å². The minimum Gasteiger partial charge on any atom is -0.392 e. The summed E-state index contributed by atoms with van der Waals surface area (Å²) in [5, 5.41) is 9.77. The Bertz CT molecular complexity index is 2190. The van der Waals surface area contributed by atoms with E-state index in [-0.39, 0.29) is 23.0 Å². The number of ether oxygens (including phenoxy) is 1. The van der Waals surface area contributed by atoms with E-state index in [1.807, 2.05) is 6.92 Å². The monoisotopic (exact) mass is 722 g/mol. The average Bonchev–Trinajstić information content (AvgIpc) is 3.54. The quantitative estimate of drug-likeness (QED) is 0.218. The Kier molecular flexibility index (Phi) is 10.3. The SMILES string of the molecule is Cc1ccc(S(=O)(=O)n2cc(-c3ccc(C(=O)N(C)C[C@H](C)O)cc3)c3nc(-c4cc(C)c5c(c4)CN(CCN4CCOCC4)CC5)cnc32)cc1. The molecule has 2 aliphatic rings. The molecule has 5 aromatic rings. The van der Waals surface area contributed by atoms with Crippen molar-refractivity contribution >= 4 is 27.1 Å². The van der Waals surface area contributed by atoms with Crippen molar-refractivity contribution in [3.8, 4) is 22.4 Å². The minimum atomic E-state index is -4.02. The van der Waals surface area contributed by atoms with Crippen molar-refractivity contribution in [2.45, 2.75) is 44.7 Å². The molecule has 12 heteroatoms. The molecule has 1 N–H and O–H groups in total. The summed E-state index contributed by atoms with van der Waals surface area (Å²) < 4.78 is 34.9. The molecule has 0 radical (unpaired) electrons. The Morgan fingerprint density at radius 3 is 2.38 bits per heavy atom. The molecule has 7 rings (SSSR count). The number of rotatable bonds is 10. The molecule has 0 saturated carbocycles. The fourth-order valence-electron chi connectivity index (χ4n) is 7.24. The number of likely N-dealkylation sites (N-methyl/N-ethyl adjacent to an activating group) is 1. The summed E-state index contributed by atoms with van der Waals surface area (Å²) in [5.74, 6) is -0.221. The van der Waals surface area contributed by atoms with Gasteiger partial charge in [0.05, 0.1) is 36.1 Å². The van der Waals surface area contributed by atoms with E-state index in [0.717, 1.165) is 70.0 Å². The molecule has 272 valence electrons. The number of aryl methyl sites for hydroxylation is 2. The third kappa shape index (κ3) is 7.39. The summed E-state index contributed by atoms with van der Waals surface area (Å²) >= 11 is 0. The van der Waals surface area contributed by atoms with Crippen LogP contribution in [0.3, 0.4) is 0 Å². The summed E-state index contributed by atoms with van der Waals surface area (Å²) in [6.45, 7) is 13.4. The first kappa shape index (κ1) is 35.9. The highest BCUT2D eigenvalue weighted by atomic mass is 32.2. The van der Waals surface area contributed by atoms with E-state index in [1.165, 1.54) is 25.6 Å². The minimum absolute atomic E-state index is 0.151. The summed E-state index contributed by atoms with van der Waals surface area (Å²) in [5.41, 5.74) is 8.82. The van der Waals surface area contributed by atoms with Gasteiger partial charge in [-0.3, -0.25) is 14.6 Å². The number of amides is 1. The summed E-state index contributed by atoms with van der Waals surface area (Å²) in [7, 11) is -2.37. The second-order valence-electron chi connectivity index (χ2n) is 14.1. The first-order chi connectivity index (χ1) is 25.0. The maximum atomic E-state index is 14.1. The molecule has 11 nitrogen and oxygen atoms in total. The van der Waals surface area contributed by atoms with Gasteiger partial charge >= 0.3 is 0 Å². The molecule has 0 bridgehead atoms. The first-order valence-electron chi connectivity index (χ1n) is 17.9. The maximum Gasteiger partial charge on any atom is 0.269 e. The molecule has 2 aromatic heterocycles. The van der Waals surface area contributed by atoms with Crippen molar-refractivity contribution < 1.29 is 23.1 Å². The maximum absolute atomic E-state index is 14.1. The van der Waals surface area contributed by atoms with Gasteiger partial charge < -0.3 is 14.7 Å². The Balaban J connectivity index is 1.26.